The highest BCUT2D eigenvalue weighted by Crippen LogP contribution is 2.28. The van der Waals surface area contributed by atoms with Crippen LogP contribution in [0, 0.1) is 0 Å². The maximum absolute atomic E-state index is 13.6. The molecule has 1 unspecified atom stereocenters. The van der Waals surface area contributed by atoms with E-state index in [0.29, 0.717) is 48.1 Å². The molecule has 8 nitrogen and oxygen atoms in total. The van der Waals surface area contributed by atoms with E-state index in [1.165, 1.54) is 0 Å². The minimum Gasteiger partial charge on any atom is -0.354 e. The molecule has 0 spiro atoms. The highest BCUT2D eigenvalue weighted by molar-refractivity contribution is 5.89. The van der Waals surface area contributed by atoms with E-state index in [1.807, 2.05) is 27.9 Å². The van der Waals surface area contributed by atoms with Gasteiger partial charge in [0.1, 0.15) is 23.2 Å². The van der Waals surface area contributed by atoms with Crippen LogP contribution in [0.5, 0.6) is 0 Å². The van der Waals surface area contributed by atoms with Gasteiger partial charge in [0.05, 0.1) is 24.3 Å². The van der Waals surface area contributed by atoms with Crippen molar-refractivity contribution in [2.24, 2.45) is 0 Å². The quantitative estimate of drug-likeness (QED) is 0.715. The standard InChI is InChI=1S/C19H22FN7O/c20-13-5-8-26(11-13)16-2-1-15-18(24-16)17(25-19(28)23-15)12-9-22-27(10-12)14-3-6-21-7-4-14/h1-2,9-10,13-14,21H,3-8,11H2,(H,23,25,28). The van der Waals surface area contributed by atoms with Crippen molar-refractivity contribution in [2.75, 3.05) is 31.1 Å². The van der Waals surface area contributed by atoms with Crippen molar-refractivity contribution in [1.82, 2.24) is 30.0 Å². The number of anilines is 1. The van der Waals surface area contributed by atoms with Crippen LogP contribution in [0.4, 0.5) is 10.2 Å². The lowest BCUT2D eigenvalue weighted by atomic mass is 10.1. The molecule has 146 valence electrons. The van der Waals surface area contributed by atoms with E-state index in [-0.39, 0.29) is 0 Å². The molecule has 0 aliphatic carbocycles. The second-order valence-corrected chi connectivity index (χ2v) is 7.48. The first-order valence-corrected chi connectivity index (χ1v) is 9.73. The van der Waals surface area contributed by atoms with Crippen molar-refractivity contribution < 1.29 is 4.39 Å². The molecular weight excluding hydrogens is 361 g/mol. The maximum atomic E-state index is 13.6. The highest BCUT2D eigenvalue weighted by Gasteiger charge is 2.24. The van der Waals surface area contributed by atoms with Crippen LogP contribution in [0.15, 0.2) is 29.3 Å². The number of piperidine rings is 1. The Hall–Kier alpha value is -2.81. The molecule has 5 rings (SSSR count). The Labute approximate surface area is 160 Å². The fourth-order valence-electron chi connectivity index (χ4n) is 4.06. The van der Waals surface area contributed by atoms with Crippen molar-refractivity contribution in [1.29, 1.82) is 0 Å². The van der Waals surface area contributed by atoms with Gasteiger partial charge in [-0.15, -0.1) is 0 Å². The molecule has 2 fully saturated rings. The van der Waals surface area contributed by atoms with Gasteiger partial charge >= 0.3 is 5.69 Å². The van der Waals surface area contributed by atoms with Gasteiger partial charge in [-0.05, 0) is 44.5 Å². The van der Waals surface area contributed by atoms with E-state index < -0.39 is 11.9 Å². The Morgan fingerprint density at radius 2 is 2.00 bits per heavy atom. The molecule has 28 heavy (non-hydrogen) atoms. The largest absolute Gasteiger partial charge is 0.354 e. The van der Waals surface area contributed by atoms with E-state index in [1.54, 1.807) is 6.20 Å². The summed E-state index contributed by atoms with van der Waals surface area (Å²) in [6.07, 6.45) is 5.41. The number of aromatic nitrogens is 5. The lowest BCUT2D eigenvalue weighted by Gasteiger charge is -2.22. The average molecular weight is 383 g/mol. The Bertz CT molecular complexity index is 1060. The minimum absolute atomic E-state index is 0.345. The van der Waals surface area contributed by atoms with Gasteiger partial charge in [-0.25, -0.2) is 14.2 Å². The summed E-state index contributed by atoms with van der Waals surface area (Å²) >= 11 is 0. The van der Waals surface area contributed by atoms with Crippen molar-refractivity contribution in [2.45, 2.75) is 31.5 Å². The SMILES string of the molecule is O=c1nc(-c2cnn(C3CCNCC3)c2)c2nc(N3CCC(F)C3)ccc2[nH]1. The molecule has 9 heteroatoms. The third-order valence-corrected chi connectivity index (χ3v) is 5.57. The van der Waals surface area contributed by atoms with Gasteiger partial charge < -0.3 is 15.2 Å². The maximum Gasteiger partial charge on any atom is 0.346 e. The molecule has 3 aromatic rings. The number of halogens is 1. The fraction of sp³-hybridized carbons (Fsp3) is 0.474. The number of hydrogen-bond donors (Lipinski definition) is 2. The van der Waals surface area contributed by atoms with Crippen molar-refractivity contribution in [3.05, 3.63) is 35.0 Å². The zero-order chi connectivity index (χ0) is 19.1. The van der Waals surface area contributed by atoms with Crippen LogP contribution in [0.3, 0.4) is 0 Å². The lowest BCUT2D eigenvalue weighted by molar-refractivity contribution is 0.343. The van der Waals surface area contributed by atoms with Gasteiger partial charge in [-0.3, -0.25) is 4.68 Å². The molecule has 2 aliphatic heterocycles. The monoisotopic (exact) mass is 383 g/mol. The second-order valence-electron chi connectivity index (χ2n) is 7.48. The van der Waals surface area contributed by atoms with Gasteiger partial charge in [-0.1, -0.05) is 0 Å². The number of pyridine rings is 1. The summed E-state index contributed by atoms with van der Waals surface area (Å²) in [5, 5.41) is 7.86. The molecule has 3 aromatic heterocycles. The smallest absolute Gasteiger partial charge is 0.346 e. The van der Waals surface area contributed by atoms with E-state index >= 15 is 0 Å². The summed E-state index contributed by atoms with van der Waals surface area (Å²) in [5.74, 6) is 0.702. The van der Waals surface area contributed by atoms with E-state index in [0.717, 1.165) is 31.5 Å². The number of nitrogens with one attached hydrogen (secondary N) is 2. The molecule has 2 saturated heterocycles. The van der Waals surface area contributed by atoms with Crippen molar-refractivity contribution in [3.63, 3.8) is 0 Å². The predicted molar refractivity (Wildman–Crippen MR) is 104 cm³/mol. The summed E-state index contributed by atoms with van der Waals surface area (Å²) in [6, 6.07) is 3.98. The zero-order valence-corrected chi connectivity index (χ0v) is 15.4. The summed E-state index contributed by atoms with van der Waals surface area (Å²) < 4.78 is 15.6. The van der Waals surface area contributed by atoms with Crippen LogP contribution >= 0.6 is 0 Å². The van der Waals surface area contributed by atoms with E-state index in [4.69, 9.17) is 4.98 Å². The molecule has 0 aromatic carbocycles. The van der Waals surface area contributed by atoms with Crippen LogP contribution in [0.1, 0.15) is 25.3 Å². The molecule has 5 heterocycles. The molecule has 0 saturated carbocycles. The highest BCUT2D eigenvalue weighted by atomic mass is 19.1. The van der Waals surface area contributed by atoms with Gasteiger partial charge in [0.25, 0.3) is 0 Å². The Balaban J connectivity index is 1.56. The van der Waals surface area contributed by atoms with Gasteiger partial charge in [-0.2, -0.15) is 10.1 Å². The van der Waals surface area contributed by atoms with E-state index in [9.17, 15) is 9.18 Å². The van der Waals surface area contributed by atoms with Crippen LogP contribution in [-0.4, -0.2) is 57.1 Å². The normalized spacial score (nSPS) is 20.9. The molecule has 0 radical (unpaired) electrons. The molecule has 0 amide bonds. The minimum atomic E-state index is -0.825. The molecule has 0 bridgehead atoms. The van der Waals surface area contributed by atoms with Gasteiger partial charge in [0, 0.05) is 18.3 Å². The third-order valence-electron chi connectivity index (χ3n) is 5.57. The Kier molecular flexibility index (Phi) is 4.31. The van der Waals surface area contributed by atoms with Crippen molar-refractivity contribution >= 4 is 16.9 Å². The molecule has 2 aliphatic rings. The number of rotatable bonds is 3. The Morgan fingerprint density at radius 1 is 1.14 bits per heavy atom. The van der Waals surface area contributed by atoms with Gasteiger partial charge in [0.15, 0.2) is 0 Å². The van der Waals surface area contributed by atoms with Crippen LogP contribution in [0.2, 0.25) is 0 Å². The lowest BCUT2D eigenvalue weighted by Crippen LogP contribution is -2.29. The summed E-state index contributed by atoms with van der Waals surface area (Å²) in [5.41, 5.74) is 2.08. The first-order chi connectivity index (χ1) is 13.7. The average Bonchev–Trinajstić information content (AvgIpc) is 3.37. The summed E-state index contributed by atoms with van der Waals surface area (Å²) in [4.78, 5) is 25.6. The summed E-state index contributed by atoms with van der Waals surface area (Å²) in [7, 11) is 0. The third kappa shape index (κ3) is 3.15. The first kappa shape index (κ1) is 17.3. The first-order valence-electron chi connectivity index (χ1n) is 9.73. The summed E-state index contributed by atoms with van der Waals surface area (Å²) in [6.45, 7) is 2.93. The van der Waals surface area contributed by atoms with Crippen LogP contribution in [-0.2, 0) is 0 Å². The number of aromatic amines is 1. The topological polar surface area (TPSA) is 91.7 Å². The van der Waals surface area contributed by atoms with Crippen LogP contribution in [0.25, 0.3) is 22.3 Å². The van der Waals surface area contributed by atoms with E-state index in [2.05, 4.69) is 20.4 Å². The fourth-order valence-corrected chi connectivity index (χ4v) is 4.06. The molecule has 2 N–H and O–H groups in total. The van der Waals surface area contributed by atoms with Gasteiger partial charge in [0.2, 0.25) is 0 Å². The number of alkyl halides is 1. The molecular formula is C19H22FN7O. The van der Waals surface area contributed by atoms with Crippen molar-refractivity contribution in [3.8, 4) is 11.3 Å². The zero-order valence-electron chi connectivity index (χ0n) is 15.4. The van der Waals surface area contributed by atoms with Crippen LogP contribution < -0.4 is 15.9 Å². The Morgan fingerprint density at radius 3 is 2.79 bits per heavy atom. The number of hydrogen-bond acceptors (Lipinski definition) is 6. The molecule has 1 atom stereocenters. The number of fused-ring (bicyclic) bond motifs is 1. The number of nitrogens with zero attached hydrogens (tertiary/aromatic N) is 5. The second kappa shape index (κ2) is 6.97. The predicted octanol–water partition coefficient (Wildman–Crippen LogP) is 1.65. The number of H-pyrrole nitrogens is 1.